The van der Waals surface area contributed by atoms with Gasteiger partial charge in [-0.3, -0.25) is 9.89 Å². The summed E-state index contributed by atoms with van der Waals surface area (Å²) in [5, 5.41) is 9.27. The Morgan fingerprint density at radius 3 is 3.00 bits per heavy atom. The molecule has 0 saturated heterocycles. The van der Waals surface area contributed by atoms with Crippen LogP contribution in [0.1, 0.15) is 36.5 Å². The van der Waals surface area contributed by atoms with E-state index in [9.17, 15) is 4.79 Å². The van der Waals surface area contributed by atoms with Crippen molar-refractivity contribution in [2.75, 3.05) is 5.73 Å². The number of nitrogens with zero attached hydrogens (tertiary/aromatic N) is 1. The summed E-state index contributed by atoms with van der Waals surface area (Å²) in [6.07, 6.45) is 4.90. The summed E-state index contributed by atoms with van der Waals surface area (Å²) < 4.78 is 0. The van der Waals surface area contributed by atoms with E-state index in [1.165, 1.54) is 19.0 Å². The number of rotatable bonds is 2. The minimum absolute atomic E-state index is 0.125. The fourth-order valence-corrected chi connectivity index (χ4v) is 2.08. The van der Waals surface area contributed by atoms with Crippen LogP contribution in [-0.2, 0) is 0 Å². The second kappa shape index (κ2) is 3.92. The highest BCUT2D eigenvalue weighted by Crippen LogP contribution is 2.25. The van der Waals surface area contributed by atoms with Gasteiger partial charge in [-0.2, -0.15) is 5.10 Å². The van der Waals surface area contributed by atoms with Gasteiger partial charge >= 0.3 is 0 Å². The van der Waals surface area contributed by atoms with Crippen molar-refractivity contribution in [3.05, 3.63) is 11.8 Å². The number of carbonyl (C=O) groups excluding carboxylic acids is 1. The molecule has 1 saturated carbocycles. The standard InChI is InChI=1S/C10H16N4O/c1-6-3-2-4-8(6)13-10(15)7-5-12-14-9(7)11/h5-6,8H,2-4H2,1H3,(H,13,15)(H3,11,12,14). The summed E-state index contributed by atoms with van der Waals surface area (Å²) in [5.41, 5.74) is 6.01. The third-order valence-electron chi connectivity index (χ3n) is 3.09. The van der Waals surface area contributed by atoms with E-state index in [4.69, 9.17) is 5.73 Å². The molecule has 2 unspecified atom stereocenters. The van der Waals surface area contributed by atoms with Gasteiger partial charge in [0.1, 0.15) is 11.4 Å². The summed E-state index contributed by atoms with van der Waals surface area (Å²) in [6, 6.07) is 0.284. The predicted molar refractivity (Wildman–Crippen MR) is 57.3 cm³/mol. The maximum Gasteiger partial charge on any atom is 0.256 e. The van der Waals surface area contributed by atoms with Crippen LogP contribution in [-0.4, -0.2) is 22.1 Å². The first-order valence-electron chi connectivity index (χ1n) is 5.28. The Balaban J connectivity index is 2.01. The molecule has 4 N–H and O–H groups in total. The average Bonchev–Trinajstić information content (AvgIpc) is 2.76. The predicted octanol–water partition coefficient (Wildman–Crippen LogP) is 0.910. The number of anilines is 1. The maximum absolute atomic E-state index is 11.8. The molecule has 82 valence electrons. The minimum atomic E-state index is -0.125. The van der Waals surface area contributed by atoms with Gasteiger partial charge in [-0.15, -0.1) is 0 Å². The van der Waals surface area contributed by atoms with E-state index in [1.807, 2.05) is 0 Å². The molecule has 5 nitrogen and oxygen atoms in total. The molecule has 0 radical (unpaired) electrons. The second-order valence-electron chi connectivity index (χ2n) is 4.19. The molecule has 0 aromatic carbocycles. The van der Waals surface area contributed by atoms with Crippen LogP contribution in [0.5, 0.6) is 0 Å². The van der Waals surface area contributed by atoms with Gasteiger partial charge in [-0.1, -0.05) is 13.3 Å². The SMILES string of the molecule is CC1CCCC1NC(=O)c1cn[nH]c1N. The zero-order chi connectivity index (χ0) is 10.8. The smallest absolute Gasteiger partial charge is 0.256 e. The van der Waals surface area contributed by atoms with Crippen LogP contribution in [0.3, 0.4) is 0 Å². The molecular weight excluding hydrogens is 192 g/mol. The van der Waals surface area contributed by atoms with Crippen LogP contribution < -0.4 is 11.1 Å². The van der Waals surface area contributed by atoms with Crippen molar-refractivity contribution in [3.8, 4) is 0 Å². The summed E-state index contributed by atoms with van der Waals surface area (Å²) in [6.45, 7) is 2.16. The fraction of sp³-hybridized carbons (Fsp3) is 0.600. The minimum Gasteiger partial charge on any atom is -0.383 e. The van der Waals surface area contributed by atoms with Crippen LogP contribution in [0.4, 0.5) is 5.82 Å². The van der Waals surface area contributed by atoms with Gasteiger partial charge in [0.2, 0.25) is 0 Å². The molecule has 1 amide bonds. The number of hydrogen-bond acceptors (Lipinski definition) is 3. The quantitative estimate of drug-likeness (QED) is 0.675. The van der Waals surface area contributed by atoms with Gasteiger partial charge in [0.25, 0.3) is 5.91 Å². The van der Waals surface area contributed by atoms with Crippen molar-refractivity contribution in [1.82, 2.24) is 15.5 Å². The Kier molecular flexibility index (Phi) is 2.62. The van der Waals surface area contributed by atoms with E-state index in [-0.39, 0.29) is 11.9 Å². The molecule has 1 fully saturated rings. The van der Waals surface area contributed by atoms with Crippen LogP contribution in [0, 0.1) is 5.92 Å². The fourth-order valence-electron chi connectivity index (χ4n) is 2.08. The van der Waals surface area contributed by atoms with Gasteiger partial charge in [-0.05, 0) is 18.8 Å². The van der Waals surface area contributed by atoms with Crippen LogP contribution >= 0.6 is 0 Å². The number of nitrogen functional groups attached to an aromatic ring is 1. The highest BCUT2D eigenvalue weighted by atomic mass is 16.1. The third kappa shape index (κ3) is 1.95. The average molecular weight is 208 g/mol. The molecule has 0 bridgehead atoms. The van der Waals surface area contributed by atoms with Crippen molar-refractivity contribution < 1.29 is 4.79 Å². The normalized spacial score (nSPS) is 25.4. The lowest BCUT2D eigenvalue weighted by molar-refractivity contribution is 0.0930. The molecule has 1 aromatic rings. The highest BCUT2D eigenvalue weighted by Gasteiger charge is 2.25. The molecule has 1 aliphatic carbocycles. The molecule has 15 heavy (non-hydrogen) atoms. The summed E-state index contributed by atoms with van der Waals surface area (Å²) in [7, 11) is 0. The second-order valence-corrected chi connectivity index (χ2v) is 4.19. The van der Waals surface area contributed by atoms with E-state index in [1.54, 1.807) is 0 Å². The molecule has 1 aromatic heterocycles. The molecule has 1 heterocycles. The Labute approximate surface area is 88.4 Å². The van der Waals surface area contributed by atoms with Gasteiger partial charge in [0, 0.05) is 6.04 Å². The van der Waals surface area contributed by atoms with E-state index in [0.29, 0.717) is 17.3 Å². The molecule has 2 atom stereocenters. The zero-order valence-electron chi connectivity index (χ0n) is 8.79. The Hall–Kier alpha value is -1.52. The molecule has 0 spiro atoms. The monoisotopic (exact) mass is 208 g/mol. The summed E-state index contributed by atoms with van der Waals surface area (Å²) in [5.74, 6) is 0.764. The van der Waals surface area contributed by atoms with Gasteiger partial charge < -0.3 is 11.1 Å². The highest BCUT2D eigenvalue weighted by molar-refractivity contribution is 5.98. The van der Waals surface area contributed by atoms with E-state index < -0.39 is 0 Å². The van der Waals surface area contributed by atoms with Crippen molar-refractivity contribution in [2.45, 2.75) is 32.2 Å². The molecule has 5 heteroatoms. The number of H-pyrrole nitrogens is 1. The Bertz CT molecular complexity index is 360. The van der Waals surface area contributed by atoms with Crippen LogP contribution in [0.25, 0.3) is 0 Å². The number of amides is 1. The molecule has 0 aliphatic heterocycles. The lowest BCUT2D eigenvalue weighted by atomic mass is 10.1. The van der Waals surface area contributed by atoms with Crippen molar-refractivity contribution in [3.63, 3.8) is 0 Å². The lowest BCUT2D eigenvalue weighted by Crippen LogP contribution is -2.36. The van der Waals surface area contributed by atoms with E-state index in [0.717, 1.165) is 6.42 Å². The Morgan fingerprint density at radius 2 is 2.47 bits per heavy atom. The third-order valence-corrected chi connectivity index (χ3v) is 3.09. The van der Waals surface area contributed by atoms with Gasteiger partial charge in [-0.25, -0.2) is 0 Å². The van der Waals surface area contributed by atoms with E-state index >= 15 is 0 Å². The first-order chi connectivity index (χ1) is 7.18. The first kappa shape index (κ1) is 10.0. The number of carbonyl (C=O) groups is 1. The van der Waals surface area contributed by atoms with Crippen molar-refractivity contribution >= 4 is 11.7 Å². The lowest BCUT2D eigenvalue weighted by Gasteiger charge is -2.16. The number of nitrogens with one attached hydrogen (secondary N) is 2. The maximum atomic E-state index is 11.8. The van der Waals surface area contributed by atoms with Crippen LogP contribution in [0.15, 0.2) is 6.20 Å². The van der Waals surface area contributed by atoms with E-state index in [2.05, 4.69) is 22.4 Å². The summed E-state index contributed by atoms with van der Waals surface area (Å²) >= 11 is 0. The topological polar surface area (TPSA) is 83.8 Å². The molecule has 1 aliphatic rings. The number of aromatic nitrogens is 2. The number of hydrogen-bond donors (Lipinski definition) is 3. The van der Waals surface area contributed by atoms with Gasteiger partial charge in [0.05, 0.1) is 6.20 Å². The largest absolute Gasteiger partial charge is 0.383 e. The first-order valence-corrected chi connectivity index (χ1v) is 5.28. The van der Waals surface area contributed by atoms with Crippen molar-refractivity contribution in [2.24, 2.45) is 5.92 Å². The number of aromatic amines is 1. The molecular formula is C10H16N4O. The molecule has 2 rings (SSSR count). The van der Waals surface area contributed by atoms with Crippen molar-refractivity contribution in [1.29, 1.82) is 0 Å². The summed E-state index contributed by atoms with van der Waals surface area (Å²) in [4.78, 5) is 11.8. The van der Waals surface area contributed by atoms with Gasteiger partial charge in [0.15, 0.2) is 0 Å². The number of nitrogens with two attached hydrogens (primary N) is 1. The zero-order valence-corrected chi connectivity index (χ0v) is 8.79. The Morgan fingerprint density at radius 1 is 1.67 bits per heavy atom. The van der Waals surface area contributed by atoms with Crippen LogP contribution in [0.2, 0.25) is 0 Å².